The van der Waals surface area contributed by atoms with Gasteiger partial charge in [-0.15, -0.1) is 0 Å². The van der Waals surface area contributed by atoms with Crippen molar-refractivity contribution in [3.63, 3.8) is 0 Å². The molecule has 1 N–H and O–H groups in total. The van der Waals surface area contributed by atoms with Gasteiger partial charge in [0.1, 0.15) is 0 Å². The Balaban J connectivity index is 1.68. The lowest BCUT2D eigenvalue weighted by Crippen LogP contribution is -2.38. The van der Waals surface area contributed by atoms with Crippen molar-refractivity contribution in [3.05, 3.63) is 18.2 Å². The molecular formula is C14H24N4. The maximum Gasteiger partial charge on any atom is 0.0951 e. The van der Waals surface area contributed by atoms with Crippen LogP contribution in [0.25, 0.3) is 0 Å². The van der Waals surface area contributed by atoms with Gasteiger partial charge in [0.25, 0.3) is 0 Å². The molecular weight excluding hydrogens is 224 g/mol. The fourth-order valence-corrected chi connectivity index (χ4v) is 3.06. The quantitative estimate of drug-likeness (QED) is 0.879. The summed E-state index contributed by atoms with van der Waals surface area (Å²) in [5.74, 6) is 0.706. The fraction of sp³-hybridized carbons (Fsp3) is 0.786. The minimum absolute atomic E-state index is 0.625. The van der Waals surface area contributed by atoms with Crippen LogP contribution in [0.15, 0.2) is 12.5 Å². The number of rotatable bonds is 4. The zero-order valence-electron chi connectivity index (χ0n) is 11.5. The zero-order chi connectivity index (χ0) is 12.5. The van der Waals surface area contributed by atoms with E-state index in [4.69, 9.17) is 0 Å². The van der Waals surface area contributed by atoms with Gasteiger partial charge >= 0.3 is 0 Å². The van der Waals surface area contributed by atoms with E-state index in [0.29, 0.717) is 12.0 Å². The van der Waals surface area contributed by atoms with Crippen molar-refractivity contribution in [2.45, 2.75) is 44.8 Å². The second-order valence-electron chi connectivity index (χ2n) is 6.04. The van der Waals surface area contributed by atoms with Crippen LogP contribution in [0.1, 0.15) is 37.9 Å². The lowest BCUT2D eigenvalue weighted by Gasteiger charge is -2.36. The first-order valence-electron chi connectivity index (χ1n) is 7.16. The topological polar surface area (TPSA) is 33.1 Å². The maximum absolute atomic E-state index is 4.36. The molecule has 0 radical (unpaired) electrons. The molecule has 2 fully saturated rings. The second-order valence-corrected chi connectivity index (χ2v) is 6.04. The van der Waals surface area contributed by atoms with Crippen LogP contribution < -0.4 is 5.32 Å². The number of nitrogens with zero attached hydrogens (tertiary/aromatic N) is 3. The Labute approximate surface area is 109 Å². The highest BCUT2D eigenvalue weighted by atomic mass is 15.2. The molecule has 2 aliphatic rings. The van der Waals surface area contributed by atoms with Crippen molar-refractivity contribution in [3.8, 4) is 0 Å². The predicted octanol–water partition coefficient (Wildman–Crippen LogP) is 1.65. The van der Waals surface area contributed by atoms with Crippen molar-refractivity contribution in [1.82, 2.24) is 19.8 Å². The van der Waals surface area contributed by atoms with E-state index in [1.807, 2.05) is 12.5 Å². The highest BCUT2D eigenvalue weighted by Gasteiger charge is 2.27. The summed E-state index contributed by atoms with van der Waals surface area (Å²) in [6.45, 7) is 5.73. The van der Waals surface area contributed by atoms with Crippen LogP contribution in [-0.2, 0) is 6.54 Å². The van der Waals surface area contributed by atoms with Crippen LogP contribution >= 0.6 is 0 Å². The van der Waals surface area contributed by atoms with E-state index in [0.717, 1.165) is 12.6 Å². The molecule has 18 heavy (non-hydrogen) atoms. The summed E-state index contributed by atoms with van der Waals surface area (Å²) in [6, 6.07) is 1.39. The largest absolute Gasteiger partial charge is 0.330 e. The summed E-state index contributed by atoms with van der Waals surface area (Å²) in [5.41, 5.74) is 1.35. The minimum atomic E-state index is 0.625. The van der Waals surface area contributed by atoms with E-state index in [2.05, 4.69) is 33.7 Å². The molecule has 2 atom stereocenters. The molecule has 4 nitrogen and oxygen atoms in total. The molecule has 0 amide bonds. The number of aromatic nitrogens is 2. The normalized spacial score (nSPS) is 29.7. The van der Waals surface area contributed by atoms with Crippen LogP contribution in [0.4, 0.5) is 0 Å². The first kappa shape index (κ1) is 12.2. The first-order valence-corrected chi connectivity index (χ1v) is 7.16. The van der Waals surface area contributed by atoms with Crippen molar-refractivity contribution >= 4 is 0 Å². The Hall–Kier alpha value is -0.870. The number of nitrogens with one attached hydrogen (secondary N) is 1. The van der Waals surface area contributed by atoms with Gasteiger partial charge in [0.2, 0.25) is 0 Å². The van der Waals surface area contributed by atoms with Gasteiger partial charge in [-0.2, -0.15) is 0 Å². The molecule has 2 unspecified atom stereocenters. The SMILES string of the molecule is CC1CN(C)CCC1n1cncc1CNC1CC1. The average Bonchev–Trinajstić information content (AvgIpc) is 3.06. The third kappa shape index (κ3) is 2.59. The zero-order valence-corrected chi connectivity index (χ0v) is 11.5. The summed E-state index contributed by atoms with van der Waals surface area (Å²) >= 11 is 0. The third-order valence-electron chi connectivity index (χ3n) is 4.32. The van der Waals surface area contributed by atoms with Crippen molar-refractivity contribution in [2.75, 3.05) is 20.1 Å². The maximum atomic E-state index is 4.36. The van der Waals surface area contributed by atoms with Crippen molar-refractivity contribution < 1.29 is 0 Å². The molecule has 100 valence electrons. The summed E-state index contributed by atoms with van der Waals surface area (Å²) in [6.07, 6.45) is 7.98. The number of hydrogen-bond acceptors (Lipinski definition) is 3. The lowest BCUT2D eigenvalue weighted by atomic mass is 9.94. The first-order chi connectivity index (χ1) is 8.74. The molecule has 0 aromatic carbocycles. The van der Waals surface area contributed by atoms with E-state index in [-0.39, 0.29) is 0 Å². The van der Waals surface area contributed by atoms with Crippen LogP contribution in [0, 0.1) is 5.92 Å². The standard InChI is InChI=1S/C14H24N4/c1-11-9-17(2)6-5-14(11)18-10-15-7-13(18)8-16-12-3-4-12/h7,10-12,14,16H,3-6,8-9H2,1-2H3. The number of piperidine rings is 1. The molecule has 1 aliphatic heterocycles. The Morgan fingerprint density at radius 2 is 2.22 bits per heavy atom. The molecule has 0 spiro atoms. The van der Waals surface area contributed by atoms with E-state index >= 15 is 0 Å². The Morgan fingerprint density at radius 1 is 1.39 bits per heavy atom. The molecule has 1 aromatic rings. The minimum Gasteiger partial charge on any atom is -0.330 e. The van der Waals surface area contributed by atoms with Crippen LogP contribution in [-0.4, -0.2) is 40.6 Å². The fourth-order valence-electron chi connectivity index (χ4n) is 3.06. The monoisotopic (exact) mass is 248 g/mol. The highest BCUT2D eigenvalue weighted by molar-refractivity contribution is 5.03. The van der Waals surface area contributed by atoms with Gasteiger partial charge in [-0.25, -0.2) is 4.98 Å². The van der Waals surface area contributed by atoms with Gasteiger partial charge in [0, 0.05) is 31.4 Å². The van der Waals surface area contributed by atoms with E-state index in [9.17, 15) is 0 Å². The summed E-state index contributed by atoms with van der Waals surface area (Å²) in [5, 5.41) is 3.59. The molecule has 4 heteroatoms. The highest BCUT2D eigenvalue weighted by Crippen LogP contribution is 2.28. The van der Waals surface area contributed by atoms with Gasteiger partial charge in [0.15, 0.2) is 0 Å². The van der Waals surface area contributed by atoms with Gasteiger partial charge in [-0.1, -0.05) is 6.92 Å². The second kappa shape index (κ2) is 5.02. The van der Waals surface area contributed by atoms with Crippen LogP contribution in [0.2, 0.25) is 0 Å². The van der Waals surface area contributed by atoms with Gasteiger partial charge < -0.3 is 14.8 Å². The summed E-state index contributed by atoms with van der Waals surface area (Å²) in [4.78, 5) is 6.79. The van der Waals surface area contributed by atoms with Gasteiger partial charge in [-0.05, 0) is 38.8 Å². The molecule has 2 heterocycles. The number of likely N-dealkylation sites (tertiary alicyclic amines) is 1. The third-order valence-corrected chi connectivity index (χ3v) is 4.32. The Morgan fingerprint density at radius 3 is 2.94 bits per heavy atom. The summed E-state index contributed by atoms with van der Waals surface area (Å²) in [7, 11) is 2.22. The Kier molecular flexibility index (Phi) is 3.39. The van der Waals surface area contributed by atoms with Crippen molar-refractivity contribution in [1.29, 1.82) is 0 Å². The number of imidazole rings is 1. The van der Waals surface area contributed by atoms with Crippen molar-refractivity contribution in [2.24, 2.45) is 5.92 Å². The van der Waals surface area contributed by atoms with Gasteiger partial charge in [-0.3, -0.25) is 0 Å². The predicted molar refractivity (Wildman–Crippen MR) is 72.4 cm³/mol. The van der Waals surface area contributed by atoms with E-state index in [1.54, 1.807) is 0 Å². The number of hydrogen-bond donors (Lipinski definition) is 1. The molecule has 3 rings (SSSR count). The molecule has 1 aliphatic carbocycles. The summed E-state index contributed by atoms with van der Waals surface area (Å²) < 4.78 is 2.41. The van der Waals surface area contributed by atoms with Crippen LogP contribution in [0.5, 0.6) is 0 Å². The van der Waals surface area contributed by atoms with Gasteiger partial charge in [0.05, 0.1) is 12.0 Å². The van der Waals surface area contributed by atoms with E-state index < -0.39 is 0 Å². The molecule has 1 aromatic heterocycles. The molecule has 1 saturated carbocycles. The average molecular weight is 248 g/mol. The van der Waals surface area contributed by atoms with Crippen LogP contribution in [0.3, 0.4) is 0 Å². The lowest BCUT2D eigenvalue weighted by molar-refractivity contribution is 0.156. The molecule has 0 bridgehead atoms. The Bertz CT molecular complexity index is 396. The van der Waals surface area contributed by atoms with E-state index in [1.165, 1.54) is 38.0 Å². The molecule has 1 saturated heterocycles. The smallest absolute Gasteiger partial charge is 0.0951 e.